The van der Waals surface area contributed by atoms with E-state index in [1.54, 1.807) is 12.4 Å². The molecule has 2 aromatic rings. The fourth-order valence-corrected chi connectivity index (χ4v) is 3.99. The minimum absolute atomic E-state index is 0.0828. The van der Waals surface area contributed by atoms with Gasteiger partial charge in [-0.1, -0.05) is 19.1 Å². The normalized spacial score (nSPS) is 17.4. The third-order valence-electron chi connectivity index (χ3n) is 6.27. The first-order valence-corrected chi connectivity index (χ1v) is 11.6. The van der Waals surface area contributed by atoms with E-state index in [-0.39, 0.29) is 23.3 Å². The number of nitrogens with one attached hydrogen (secondary N) is 2. The van der Waals surface area contributed by atoms with Crippen molar-refractivity contribution < 1.29 is 9.59 Å². The standard InChI is InChI=1S/C26H36N4O2/c1-5-26(3,4)29-25(32)21-9-7-12-30(13-11-21)18-20-8-6-10-23(15-20)28-24(31)22-14-19(2)16-27-17-22/h6,8,10,14-17,21H,5,7,9,11-13,18H2,1-4H3,(H,28,31)(H,29,32). The molecule has 32 heavy (non-hydrogen) atoms. The summed E-state index contributed by atoms with van der Waals surface area (Å²) in [5, 5.41) is 6.18. The van der Waals surface area contributed by atoms with E-state index in [9.17, 15) is 9.59 Å². The maximum atomic E-state index is 12.7. The summed E-state index contributed by atoms with van der Waals surface area (Å²) in [5.74, 6) is 0.116. The highest BCUT2D eigenvalue weighted by molar-refractivity contribution is 6.04. The van der Waals surface area contributed by atoms with Crippen molar-refractivity contribution in [2.45, 2.75) is 65.5 Å². The van der Waals surface area contributed by atoms with Crippen LogP contribution in [0.1, 0.15) is 67.9 Å². The maximum Gasteiger partial charge on any atom is 0.257 e. The minimum atomic E-state index is -0.156. The van der Waals surface area contributed by atoms with E-state index in [1.165, 1.54) is 0 Å². The van der Waals surface area contributed by atoms with Gasteiger partial charge in [-0.05, 0) is 88.9 Å². The molecule has 2 heterocycles. The highest BCUT2D eigenvalue weighted by Gasteiger charge is 2.26. The van der Waals surface area contributed by atoms with Gasteiger partial charge in [-0.25, -0.2) is 0 Å². The molecule has 2 amide bonds. The van der Waals surface area contributed by atoms with Crippen molar-refractivity contribution >= 4 is 17.5 Å². The molecule has 1 aromatic carbocycles. The largest absolute Gasteiger partial charge is 0.351 e. The van der Waals surface area contributed by atoms with Crippen LogP contribution >= 0.6 is 0 Å². The summed E-state index contributed by atoms with van der Waals surface area (Å²) in [6.07, 6.45) is 7.06. The molecule has 1 saturated heterocycles. The molecule has 1 unspecified atom stereocenters. The average molecular weight is 437 g/mol. The highest BCUT2D eigenvalue weighted by atomic mass is 16.2. The third-order valence-corrected chi connectivity index (χ3v) is 6.27. The number of pyridine rings is 1. The van der Waals surface area contributed by atoms with E-state index < -0.39 is 0 Å². The lowest BCUT2D eigenvalue weighted by Gasteiger charge is -2.27. The molecule has 0 aliphatic carbocycles. The molecule has 0 radical (unpaired) electrons. The Hall–Kier alpha value is -2.73. The van der Waals surface area contributed by atoms with Gasteiger partial charge in [0, 0.05) is 36.1 Å². The Morgan fingerprint density at radius 3 is 2.72 bits per heavy atom. The monoisotopic (exact) mass is 436 g/mol. The lowest BCUT2D eigenvalue weighted by atomic mass is 9.96. The Morgan fingerprint density at radius 2 is 1.97 bits per heavy atom. The maximum absolute atomic E-state index is 12.7. The first-order valence-electron chi connectivity index (χ1n) is 11.6. The Balaban J connectivity index is 1.56. The smallest absolute Gasteiger partial charge is 0.257 e. The lowest BCUT2D eigenvalue weighted by Crippen LogP contribution is -2.45. The minimum Gasteiger partial charge on any atom is -0.351 e. The molecule has 1 aliphatic heterocycles. The van der Waals surface area contributed by atoms with Crippen molar-refractivity contribution in [1.29, 1.82) is 0 Å². The van der Waals surface area contributed by atoms with Gasteiger partial charge in [-0.3, -0.25) is 19.5 Å². The van der Waals surface area contributed by atoms with E-state index in [0.29, 0.717) is 5.56 Å². The molecule has 6 heteroatoms. The van der Waals surface area contributed by atoms with Crippen molar-refractivity contribution in [2.75, 3.05) is 18.4 Å². The Kier molecular flexibility index (Phi) is 8.02. The fourth-order valence-electron chi connectivity index (χ4n) is 3.99. The van der Waals surface area contributed by atoms with E-state index in [0.717, 1.165) is 62.1 Å². The molecule has 172 valence electrons. The van der Waals surface area contributed by atoms with Crippen LogP contribution in [0.25, 0.3) is 0 Å². The Morgan fingerprint density at radius 1 is 1.16 bits per heavy atom. The number of benzene rings is 1. The number of aryl methyl sites for hydroxylation is 1. The van der Waals surface area contributed by atoms with Crippen molar-refractivity contribution in [3.63, 3.8) is 0 Å². The van der Waals surface area contributed by atoms with E-state index in [1.807, 2.05) is 31.2 Å². The van der Waals surface area contributed by atoms with Crippen LogP contribution in [0, 0.1) is 12.8 Å². The molecule has 3 rings (SSSR count). The molecule has 0 saturated carbocycles. The lowest BCUT2D eigenvalue weighted by molar-refractivity contribution is -0.127. The number of rotatable bonds is 7. The second-order valence-corrected chi connectivity index (χ2v) is 9.54. The first-order chi connectivity index (χ1) is 15.3. The number of nitrogens with zero attached hydrogens (tertiary/aromatic N) is 2. The van der Waals surface area contributed by atoms with Gasteiger partial charge in [0.05, 0.1) is 5.56 Å². The van der Waals surface area contributed by atoms with Gasteiger partial charge in [-0.2, -0.15) is 0 Å². The van der Waals surface area contributed by atoms with E-state index in [2.05, 4.69) is 47.4 Å². The Labute approximate surface area is 191 Å². The summed E-state index contributed by atoms with van der Waals surface area (Å²) >= 11 is 0. The quantitative estimate of drug-likeness (QED) is 0.668. The zero-order chi connectivity index (χ0) is 23.1. The van der Waals surface area contributed by atoms with Gasteiger partial charge >= 0.3 is 0 Å². The number of hydrogen-bond acceptors (Lipinski definition) is 4. The number of likely N-dealkylation sites (tertiary alicyclic amines) is 1. The van der Waals surface area contributed by atoms with Gasteiger partial charge in [0.1, 0.15) is 0 Å². The summed E-state index contributed by atoms with van der Waals surface area (Å²) in [7, 11) is 0. The van der Waals surface area contributed by atoms with Gasteiger partial charge in [0.2, 0.25) is 5.91 Å². The van der Waals surface area contributed by atoms with Crippen molar-refractivity contribution in [2.24, 2.45) is 5.92 Å². The summed E-state index contributed by atoms with van der Waals surface area (Å²) in [5.41, 5.74) is 3.29. The molecule has 1 aliphatic rings. The van der Waals surface area contributed by atoms with Crippen LogP contribution in [0.15, 0.2) is 42.7 Å². The van der Waals surface area contributed by atoms with Crippen molar-refractivity contribution in [3.05, 3.63) is 59.4 Å². The van der Waals surface area contributed by atoms with Gasteiger partial charge < -0.3 is 10.6 Å². The van der Waals surface area contributed by atoms with Crippen LogP contribution in [0.5, 0.6) is 0 Å². The van der Waals surface area contributed by atoms with E-state index in [4.69, 9.17) is 0 Å². The molecule has 1 atom stereocenters. The zero-order valence-corrected chi connectivity index (χ0v) is 19.8. The van der Waals surface area contributed by atoms with Gasteiger partial charge in [0.25, 0.3) is 5.91 Å². The van der Waals surface area contributed by atoms with Crippen LogP contribution in [-0.4, -0.2) is 40.3 Å². The Bertz CT molecular complexity index is 941. The predicted octanol–water partition coefficient (Wildman–Crippen LogP) is 4.55. The van der Waals surface area contributed by atoms with Crippen molar-refractivity contribution in [1.82, 2.24) is 15.2 Å². The molecule has 6 nitrogen and oxygen atoms in total. The second kappa shape index (κ2) is 10.7. The number of anilines is 1. The number of aromatic nitrogens is 1. The molecular formula is C26H36N4O2. The molecule has 1 aromatic heterocycles. The highest BCUT2D eigenvalue weighted by Crippen LogP contribution is 2.22. The number of carbonyl (C=O) groups excluding carboxylic acids is 2. The summed E-state index contributed by atoms with van der Waals surface area (Å²) < 4.78 is 0. The molecule has 1 fully saturated rings. The number of carbonyl (C=O) groups is 2. The molecule has 0 bridgehead atoms. The van der Waals surface area contributed by atoms with Crippen molar-refractivity contribution in [3.8, 4) is 0 Å². The first kappa shape index (κ1) is 23.9. The number of amides is 2. The van der Waals surface area contributed by atoms with E-state index >= 15 is 0 Å². The fraction of sp³-hybridized carbons (Fsp3) is 0.500. The second-order valence-electron chi connectivity index (χ2n) is 9.54. The zero-order valence-electron chi connectivity index (χ0n) is 19.8. The van der Waals surface area contributed by atoms with Crippen LogP contribution in [0.2, 0.25) is 0 Å². The van der Waals surface area contributed by atoms with Crippen LogP contribution in [0.3, 0.4) is 0 Å². The van der Waals surface area contributed by atoms with Gasteiger partial charge in [0.15, 0.2) is 0 Å². The molecular weight excluding hydrogens is 400 g/mol. The summed E-state index contributed by atoms with van der Waals surface area (Å²) in [6, 6.07) is 9.82. The third kappa shape index (κ3) is 6.89. The predicted molar refractivity (Wildman–Crippen MR) is 128 cm³/mol. The van der Waals surface area contributed by atoms with Crippen LogP contribution in [-0.2, 0) is 11.3 Å². The number of hydrogen-bond donors (Lipinski definition) is 2. The molecule has 0 spiro atoms. The summed E-state index contributed by atoms with van der Waals surface area (Å²) in [6.45, 7) is 10.9. The topological polar surface area (TPSA) is 74.3 Å². The van der Waals surface area contributed by atoms with Crippen LogP contribution < -0.4 is 10.6 Å². The average Bonchev–Trinajstić information content (AvgIpc) is 2.99. The summed E-state index contributed by atoms with van der Waals surface area (Å²) in [4.78, 5) is 31.7. The van der Waals surface area contributed by atoms with Crippen LogP contribution in [0.4, 0.5) is 5.69 Å². The van der Waals surface area contributed by atoms with Gasteiger partial charge in [-0.15, -0.1) is 0 Å². The molecule has 2 N–H and O–H groups in total. The SMILES string of the molecule is CCC(C)(C)NC(=O)C1CCCN(Cc2cccc(NC(=O)c3cncc(C)c3)c2)CC1.